The topological polar surface area (TPSA) is 195 Å². The number of aromatic amines is 2. The van der Waals surface area contributed by atoms with Crippen molar-refractivity contribution in [1.82, 2.24) is 39.7 Å². The van der Waals surface area contributed by atoms with Crippen LogP contribution in [0.1, 0.15) is 97.8 Å². The van der Waals surface area contributed by atoms with Crippen molar-refractivity contribution in [3.05, 3.63) is 64.8 Å². The minimum Gasteiger partial charge on any atom is -0.379 e. The van der Waals surface area contributed by atoms with Crippen molar-refractivity contribution < 1.29 is 9.59 Å². The van der Waals surface area contributed by atoms with Crippen LogP contribution >= 0.6 is 38.6 Å². The summed E-state index contributed by atoms with van der Waals surface area (Å²) in [5, 5.41) is 26.7. The van der Waals surface area contributed by atoms with Gasteiger partial charge in [0.25, 0.3) is 0 Å². The van der Waals surface area contributed by atoms with Crippen LogP contribution in [0.3, 0.4) is 0 Å². The number of aromatic nitrogens is 6. The minimum atomic E-state index is -2.08. The third kappa shape index (κ3) is 13.5. The van der Waals surface area contributed by atoms with Gasteiger partial charge >= 0.3 is 122 Å². The van der Waals surface area contributed by atoms with Crippen LogP contribution in [0.4, 0.5) is 11.4 Å². The van der Waals surface area contributed by atoms with Crippen LogP contribution in [0.25, 0.3) is 32.5 Å². The van der Waals surface area contributed by atoms with Gasteiger partial charge in [-0.1, -0.05) is 0 Å². The molecule has 2 fully saturated rings. The number of piperidine rings is 2. The molecule has 8 heterocycles. The maximum absolute atomic E-state index is 12.1. The first kappa shape index (κ1) is 50.8. The summed E-state index contributed by atoms with van der Waals surface area (Å²) in [4.78, 5) is 52.2. The Morgan fingerprint density at radius 1 is 0.758 bits per heavy atom. The fourth-order valence-electron chi connectivity index (χ4n) is 9.01. The van der Waals surface area contributed by atoms with Crippen LogP contribution in [0.2, 0.25) is 13.3 Å². The maximum Gasteiger partial charge on any atom is 0.236 e. The number of halogens is 1. The number of hydrogen-bond donors (Lipinski definition) is 4. The van der Waals surface area contributed by atoms with Crippen LogP contribution in [-0.2, 0) is 9.59 Å². The Morgan fingerprint density at radius 3 is 1.77 bits per heavy atom. The number of pyridine rings is 2. The number of thiazole rings is 2. The number of anilines is 2. The van der Waals surface area contributed by atoms with Crippen molar-refractivity contribution in [2.75, 3.05) is 36.8 Å². The van der Waals surface area contributed by atoms with Gasteiger partial charge in [-0.15, -0.1) is 11.3 Å². The van der Waals surface area contributed by atoms with Gasteiger partial charge < -0.3 is 30.4 Å². The maximum atomic E-state index is 12.1. The molecule has 4 N–H and O–H groups in total. The molecule has 0 spiro atoms. The first-order valence-electron chi connectivity index (χ1n) is 23.4. The number of nitrogens with zero attached hydrogens (tertiary/aromatic N) is 8. The van der Waals surface area contributed by atoms with E-state index in [1.807, 2.05) is 65.9 Å². The van der Waals surface area contributed by atoms with Gasteiger partial charge in [0.1, 0.15) is 24.1 Å². The van der Waals surface area contributed by atoms with Crippen LogP contribution in [-0.4, -0.2) is 108 Å². The molecular formula is C48H63BrN12O2S2Sn. The van der Waals surface area contributed by atoms with E-state index < -0.39 is 18.4 Å². The summed E-state index contributed by atoms with van der Waals surface area (Å²) in [5.74, 6) is -0.183. The van der Waals surface area contributed by atoms with Gasteiger partial charge in [-0.2, -0.15) is 10.5 Å². The molecule has 6 aromatic rings. The van der Waals surface area contributed by atoms with Crippen LogP contribution in [0.15, 0.2) is 64.8 Å². The molecular weight excluding hydrogens is 1040 g/mol. The van der Waals surface area contributed by atoms with Crippen molar-refractivity contribution in [3.8, 4) is 22.6 Å². The van der Waals surface area contributed by atoms with Crippen molar-refractivity contribution >= 4 is 105 Å². The SMILES string of the molecule is CCC[CH2][Sn]([CH2]CCC)([CH2]CCC)[c]1cncs1.N#CCC(=O)N1CCC[C@@H](Nc2c(-c3cncs3)cnc3[nH]ccc23)C1.N#CCC(=O)N1CCC[C@@H](Nc2c(Br)cnc3[nH]ccc23)C1. The number of H-pyrrole nitrogens is 2. The number of fused-ring (bicyclic) bond motifs is 2. The fraction of sp³-hybridized carbons (Fsp3) is 0.500. The zero-order valence-electron chi connectivity index (χ0n) is 38.5. The molecule has 2 saturated heterocycles. The number of amides is 2. The van der Waals surface area contributed by atoms with Gasteiger partial charge in [-0.05, 0) is 53.7 Å². The summed E-state index contributed by atoms with van der Waals surface area (Å²) in [6.45, 7) is 9.69. The quantitative estimate of drug-likeness (QED) is 0.0638. The molecule has 0 aromatic carbocycles. The number of hydrogen-bond acceptors (Lipinski definition) is 12. The Morgan fingerprint density at radius 2 is 1.27 bits per heavy atom. The predicted octanol–water partition coefficient (Wildman–Crippen LogP) is 10.8. The molecule has 0 unspecified atom stereocenters. The summed E-state index contributed by atoms with van der Waals surface area (Å²) in [6.07, 6.45) is 23.6. The first-order chi connectivity index (χ1) is 32.2. The molecule has 8 rings (SSSR count). The number of nitrogens with one attached hydrogen (secondary N) is 4. The van der Waals surface area contributed by atoms with Crippen LogP contribution in [0.5, 0.6) is 0 Å². The first-order valence-corrected chi connectivity index (χ1v) is 33.4. The Bertz CT molecular complexity index is 2490. The average Bonchev–Trinajstić information content (AvgIpc) is 4.20. The zero-order valence-corrected chi connectivity index (χ0v) is 44.5. The third-order valence-electron chi connectivity index (χ3n) is 12.5. The van der Waals surface area contributed by atoms with Crippen LogP contribution in [0, 0.1) is 22.7 Å². The van der Waals surface area contributed by atoms with E-state index in [4.69, 9.17) is 10.5 Å². The van der Waals surface area contributed by atoms with E-state index in [2.05, 4.69) is 88.9 Å². The summed E-state index contributed by atoms with van der Waals surface area (Å²) in [5.41, 5.74) is 8.55. The number of carbonyl (C=O) groups excluding carboxylic acids is 2. The molecule has 0 saturated carbocycles. The molecule has 2 aliphatic heterocycles. The fourth-order valence-corrected chi connectivity index (χ4v) is 29.4. The molecule has 350 valence electrons. The molecule has 0 bridgehead atoms. The van der Waals surface area contributed by atoms with Gasteiger partial charge in [0, 0.05) is 85.6 Å². The molecule has 14 nitrogen and oxygen atoms in total. The van der Waals surface area contributed by atoms with Gasteiger partial charge in [-0.25, -0.2) is 9.97 Å². The Balaban J connectivity index is 0.000000167. The summed E-state index contributed by atoms with van der Waals surface area (Å²) in [7, 11) is 0. The molecule has 18 heteroatoms. The largest absolute Gasteiger partial charge is 0.379 e. The second kappa shape index (κ2) is 26.1. The van der Waals surface area contributed by atoms with Gasteiger partial charge in [0.2, 0.25) is 11.8 Å². The van der Waals surface area contributed by atoms with Crippen LogP contribution < -0.4 is 13.5 Å². The molecule has 2 atom stereocenters. The second-order valence-corrected chi connectivity index (χ2v) is 33.9. The van der Waals surface area contributed by atoms with Crippen molar-refractivity contribution in [1.29, 1.82) is 10.5 Å². The summed E-state index contributed by atoms with van der Waals surface area (Å²) >= 11 is 5.00. The second-order valence-electron chi connectivity index (χ2n) is 17.1. The zero-order chi connectivity index (χ0) is 46.7. The number of unbranched alkanes of at least 4 members (excludes halogenated alkanes) is 3. The van der Waals surface area contributed by atoms with Gasteiger partial charge in [-0.3, -0.25) is 14.6 Å². The monoisotopic (exact) mass is 1100 g/mol. The molecule has 2 aliphatic rings. The van der Waals surface area contributed by atoms with E-state index in [9.17, 15) is 9.59 Å². The van der Waals surface area contributed by atoms with E-state index in [0.29, 0.717) is 13.1 Å². The smallest absolute Gasteiger partial charge is 0.236 e. The standard InChI is InChI=1S/C18H18N6OS.C15H16BrN5O.3C4H9.C3H2NS.Sn/c19-5-3-16(25)24-7-1-2-12(10-24)23-17-13-4-6-21-18(13)22-8-14(17)15-9-20-11-26-15;16-12-8-19-15-11(4-6-18-15)14(12)20-10-2-1-7-21(9-10)13(22)3-5-17;3*1-3-4-2;1-2-5-3-4-1;/h4,6,8-9,11-12H,1-3,7,10H2,(H2,21,22,23);4,6,8,10H,1-3,7,9H2,(H2,18,19,20);3*1,3-4H2,2H3;1,3H;/t12-;10-;;;;;/m11...../s1. The molecule has 0 radical (unpaired) electrons. The minimum absolute atomic E-state index is 0.0479. The van der Waals surface area contributed by atoms with E-state index in [-0.39, 0.29) is 36.7 Å². The number of nitriles is 2. The van der Waals surface area contributed by atoms with Crippen molar-refractivity contribution in [2.24, 2.45) is 0 Å². The van der Waals surface area contributed by atoms with E-state index in [1.54, 1.807) is 43.5 Å². The predicted molar refractivity (Wildman–Crippen MR) is 275 cm³/mol. The van der Waals surface area contributed by atoms with Crippen molar-refractivity contribution in [2.45, 2.75) is 123 Å². The number of carbonyl (C=O) groups is 2. The van der Waals surface area contributed by atoms with E-state index in [0.717, 1.165) is 87.1 Å². The number of likely N-dealkylation sites (tertiary alicyclic amines) is 2. The van der Waals surface area contributed by atoms with E-state index >= 15 is 0 Å². The van der Waals surface area contributed by atoms with Gasteiger partial charge in [0.15, 0.2) is 0 Å². The third-order valence-corrected chi connectivity index (χ3v) is 33.0. The molecule has 0 aliphatic carbocycles. The Labute approximate surface area is 409 Å². The Hall–Kier alpha value is -4.56. The molecule has 2 amide bonds. The number of rotatable bonds is 17. The van der Waals surface area contributed by atoms with E-state index in [1.165, 1.54) is 38.5 Å². The van der Waals surface area contributed by atoms with Gasteiger partial charge in [0.05, 0.1) is 38.4 Å². The molecule has 66 heavy (non-hydrogen) atoms. The average molecular weight is 1100 g/mol. The normalized spacial score (nSPS) is 16.1. The molecule has 6 aromatic heterocycles. The summed E-state index contributed by atoms with van der Waals surface area (Å²) in [6, 6.07) is 8.18. The van der Waals surface area contributed by atoms with Crippen molar-refractivity contribution in [3.63, 3.8) is 0 Å². The Kier molecular flexibility index (Phi) is 20.1. The summed E-state index contributed by atoms with van der Waals surface area (Å²) < 4.78 is 7.34.